The highest BCUT2D eigenvalue weighted by molar-refractivity contribution is 7.90. The Morgan fingerprint density at radius 3 is 2.50 bits per heavy atom. The fourth-order valence-electron chi connectivity index (χ4n) is 4.36. The molecular formula is C26H36N4O5S. The van der Waals surface area contributed by atoms with E-state index in [0.717, 1.165) is 22.4 Å². The number of carbonyl (C=O) groups is 1. The number of guanidine groups is 1. The highest BCUT2D eigenvalue weighted by Gasteiger charge is 2.36. The van der Waals surface area contributed by atoms with Crippen LogP contribution in [0.3, 0.4) is 0 Å². The summed E-state index contributed by atoms with van der Waals surface area (Å²) in [5.41, 5.74) is 9.30. The largest absolute Gasteiger partial charge is 0.487 e. The summed E-state index contributed by atoms with van der Waals surface area (Å²) in [7, 11) is -3.99. The number of benzene rings is 2. The van der Waals surface area contributed by atoms with E-state index in [-0.39, 0.29) is 24.0 Å². The first-order chi connectivity index (χ1) is 16.8. The molecule has 0 spiro atoms. The van der Waals surface area contributed by atoms with Crippen molar-refractivity contribution in [1.82, 2.24) is 10.0 Å². The molecule has 0 amide bonds. The zero-order chi connectivity index (χ0) is 26.7. The first-order valence-electron chi connectivity index (χ1n) is 12.0. The van der Waals surface area contributed by atoms with Crippen LogP contribution in [0, 0.1) is 26.2 Å². The van der Waals surface area contributed by atoms with Gasteiger partial charge in [-0.1, -0.05) is 30.3 Å². The van der Waals surface area contributed by atoms with Crippen LogP contribution in [0.5, 0.6) is 5.75 Å². The van der Waals surface area contributed by atoms with Crippen LogP contribution in [0.4, 0.5) is 0 Å². The smallest absolute Gasteiger partial charge is 0.323 e. The third-order valence-electron chi connectivity index (χ3n) is 6.32. The Morgan fingerprint density at radius 2 is 1.83 bits per heavy atom. The highest BCUT2D eigenvalue weighted by atomic mass is 32.2. The molecule has 1 aliphatic rings. The van der Waals surface area contributed by atoms with Crippen molar-refractivity contribution >= 4 is 22.0 Å². The van der Waals surface area contributed by atoms with Gasteiger partial charge in [-0.05, 0) is 69.7 Å². The van der Waals surface area contributed by atoms with E-state index < -0.39 is 27.6 Å². The van der Waals surface area contributed by atoms with Crippen LogP contribution < -0.4 is 20.5 Å². The van der Waals surface area contributed by atoms with Crippen molar-refractivity contribution < 1.29 is 22.7 Å². The maximum Gasteiger partial charge on any atom is 0.323 e. The van der Waals surface area contributed by atoms with Gasteiger partial charge in [0, 0.05) is 18.5 Å². The van der Waals surface area contributed by atoms with E-state index in [0.29, 0.717) is 30.4 Å². The second-order valence-corrected chi connectivity index (χ2v) is 11.4. The van der Waals surface area contributed by atoms with E-state index in [1.54, 1.807) is 13.8 Å². The van der Waals surface area contributed by atoms with Gasteiger partial charge in [-0.25, -0.2) is 13.1 Å². The minimum Gasteiger partial charge on any atom is -0.487 e. The second kappa shape index (κ2) is 10.9. The number of carbonyl (C=O) groups excluding carboxylic acids is 1. The van der Waals surface area contributed by atoms with Crippen molar-refractivity contribution in [2.45, 2.75) is 77.0 Å². The molecule has 0 radical (unpaired) electrons. The zero-order valence-electron chi connectivity index (χ0n) is 21.5. The van der Waals surface area contributed by atoms with Crippen molar-refractivity contribution in [3.8, 4) is 5.75 Å². The van der Waals surface area contributed by atoms with Gasteiger partial charge in [0.2, 0.25) is 5.96 Å². The standard InChI is InChI=1S/C26H36N4O5S/c1-16-17(2)23(18(3)20-14-26(4,5)35-22(16)20)36(32,33)30-25(28)29-13-9-12-21(27)24(31)34-15-19-10-7-6-8-11-19/h6-8,10-11,21H,9,12-15,27H2,1-5H3,(H3,28,29,30)/t21-/m1/s1. The van der Waals surface area contributed by atoms with E-state index in [4.69, 9.17) is 20.6 Å². The minimum atomic E-state index is -3.99. The lowest BCUT2D eigenvalue weighted by Gasteiger charge is -2.19. The van der Waals surface area contributed by atoms with Crippen LogP contribution in [-0.4, -0.2) is 38.5 Å². The molecule has 1 atom stereocenters. The maximum absolute atomic E-state index is 13.2. The summed E-state index contributed by atoms with van der Waals surface area (Å²) in [4.78, 5) is 12.3. The second-order valence-electron chi connectivity index (χ2n) is 9.80. The van der Waals surface area contributed by atoms with Gasteiger partial charge in [0.05, 0.1) is 4.90 Å². The SMILES string of the molecule is Cc1c(C)c(S(=O)(=O)NC(=N)NCCC[C@@H](N)C(=O)OCc2ccccc2)c(C)c2c1OC(C)(C)C2. The molecule has 5 N–H and O–H groups in total. The van der Waals surface area contributed by atoms with Gasteiger partial charge in [-0.15, -0.1) is 0 Å². The summed E-state index contributed by atoms with van der Waals surface area (Å²) in [6.07, 6.45) is 1.40. The molecule has 0 bridgehead atoms. The Bertz CT molecular complexity index is 1240. The fourth-order valence-corrected chi connectivity index (χ4v) is 5.88. The lowest BCUT2D eigenvalue weighted by atomic mass is 9.94. The molecule has 36 heavy (non-hydrogen) atoms. The molecule has 0 saturated heterocycles. The Hall–Kier alpha value is -3.11. The van der Waals surface area contributed by atoms with Gasteiger partial charge < -0.3 is 20.5 Å². The van der Waals surface area contributed by atoms with Crippen molar-refractivity contribution in [3.05, 3.63) is 58.1 Å². The molecule has 1 aliphatic heterocycles. The van der Waals surface area contributed by atoms with Crippen LogP contribution in [-0.2, 0) is 32.6 Å². The predicted octanol–water partition coefficient (Wildman–Crippen LogP) is 2.98. The van der Waals surface area contributed by atoms with E-state index in [9.17, 15) is 13.2 Å². The number of nitrogens with two attached hydrogens (primary N) is 1. The van der Waals surface area contributed by atoms with Crippen molar-refractivity contribution in [2.75, 3.05) is 6.54 Å². The topological polar surface area (TPSA) is 144 Å². The van der Waals surface area contributed by atoms with Gasteiger partial charge in [0.1, 0.15) is 24.0 Å². The van der Waals surface area contributed by atoms with Crippen LogP contribution in [0.15, 0.2) is 35.2 Å². The van der Waals surface area contributed by atoms with Crippen molar-refractivity contribution in [2.24, 2.45) is 5.73 Å². The zero-order valence-corrected chi connectivity index (χ0v) is 22.3. The summed E-state index contributed by atoms with van der Waals surface area (Å²) in [5, 5.41) is 10.8. The number of rotatable bonds is 9. The number of esters is 1. The molecule has 0 aromatic heterocycles. The Kier molecular flexibility index (Phi) is 8.30. The lowest BCUT2D eigenvalue weighted by Crippen LogP contribution is -2.41. The summed E-state index contributed by atoms with van der Waals surface area (Å²) in [6, 6.07) is 8.52. The van der Waals surface area contributed by atoms with Crippen molar-refractivity contribution in [1.29, 1.82) is 5.41 Å². The van der Waals surface area contributed by atoms with Gasteiger partial charge in [-0.3, -0.25) is 10.2 Å². The van der Waals surface area contributed by atoms with Crippen LogP contribution in [0.25, 0.3) is 0 Å². The molecule has 2 aromatic carbocycles. The van der Waals surface area contributed by atoms with Gasteiger partial charge >= 0.3 is 5.97 Å². The summed E-state index contributed by atoms with van der Waals surface area (Å²) in [6.45, 7) is 9.75. The van der Waals surface area contributed by atoms with Crippen LogP contribution in [0.2, 0.25) is 0 Å². The van der Waals surface area contributed by atoms with E-state index in [1.807, 2.05) is 51.1 Å². The van der Waals surface area contributed by atoms with Gasteiger partial charge in [0.15, 0.2) is 0 Å². The number of fused-ring (bicyclic) bond motifs is 1. The first-order valence-corrected chi connectivity index (χ1v) is 13.4. The average Bonchev–Trinajstić information content (AvgIpc) is 3.14. The third-order valence-corrected chi connectivity index (χ3v) is 7.94. The quantitative estimate of drug-likeness (QED) is 0.174. The maximum atomic E-state index is 13.2. The van der Waals surface area contributed by atoms with Crippen molar-refractivity contribution in [3.63, 3.8) is 0 Å². The predicted molar refractivity (Wildman–Crippen MR) is 139 cm³/mol. The molecule has 1 heterocycles. The molecule has 0 aliphatic carbocycles. The molecule has 0 fully saturated rings. The molecule has 0 saturated carbocycles. The van der Waals surface area contributed by atoms with Gasteiger partial charge in [-0.2, -0.15) is 0 Å². The Morgan fingerprint density at radius 1 is 1.17 bits per heavy atom. The third kappa shape index (κ3) is 6.36. The molecule has 10 heteroatoms. The molecule has 9 nitrogen and oxygen atoms in total. The number of hydrogen-bond donors (Lipinski definition) is 4. The molecule has 0 unspecified atom stereocenters. The number of sulfonamides is 1. The van der Waals surface area contributed by atoms with E-state index >= 15 is 0 Å². The normalized spacial score (nSPS) is 14.9. The highest BCUT2D eigenvalue weighted by Crippen LogP contribution is 2.43. The Labute approximate surface area is 213 Å². The molecule has 196 valence electrons. The summed E-state index contributed by atoms with van der Waals surface area (Å²) >= 11 is 0. The summed E-state index contributed by atoms with van der Waals surface area (Å²) in [5.74, 6) is -0.0933. The first kappa shape index (κ1) is 27.5. The van der Waals surface area contributed by atoms with E-state index in [2.05, 4.69) is 10.0 Å². The fraction of sp³-hybridized carbons (Fsp3) is 0.462. The molecule has 2 aromatic rings. The van der Waals surface area contributed by atoms with Crippen LogP contribution >= 0.6 is 0 Å². The number of hydrogen-bond acceptors (Lipinski definition) is 7. The lowest BCUT2D eigenvalue weighted by molar-refractivity contribution is -0.146. The van der Waals surface area contributed by atoms with E-state index in [1.165, 1.54) is 0 Å². The molecule has 3 rings (SSSR count). The number of ether oxygens (including phenoxy) is 2. The average molecular weight is 517 g/mol. The Balaban J connectivity index is 1.52. The molecular weight excluding hydrogens is 480 g/mol. The minimum absolute atomic E-state index is 0.155. The number of nitrogens with one attached hydrogen (secondary N) is 3. The monoisotopic (exact) mass is 516 g/mol. The summed E-state index contributed by atoms with van der Waals surface area (Å²) < 4.78 is 40.0. The van der Waals surface area contributed by atoms with Gasteiger partial charge in [0.25, 0.3) is 10.0 Å². The van der Waals surface area contributed by atoms with Crippen LogP contribution in [0.1, 0.15) is 54.5 Å².